The van der Waals surface area contributed by atoms with Gasteiger partial charge >= 0.3 is 5.97 Å². The SMILES string of the molecule is CC(C)c1ccnc(-c2ccc(N3CCN(C)CC3)nc2)c1.CC(C)c1ccnc(-c2ccc3c(c2)c(C2CC2)nn3C)c1.CC(C)c1ccnc(-c2cnc(C3CCC3)nc2)c1.CC(C)c1ccnc(-c2cnc(N3CCN(C)CC3)nc2)c1.CC(C)c1ccnc(-c2cnc(N3CCOCC3)nc2)c1.CC(C)c1ccnc(-c2cncc(C(=O)O)c2)c1.CC(C)c1ccnc(-c2cncc(C(N)=O)c2)c1. The molecule has 2 saturated carbocycles. The lowest BCUT2D eigenvalue weighted by atomic mass is 9.85. The van der Waals surface area contributed by atoms with Crippen molar-refractivity contribution in [2.45, 2.75) is 182 Å². The van der Waals surface area contributed by atoms with Gasteiger partial charge in [-0.3, -0.25) is 54.3 Å². The van der Waals surface area contributed by atoms with Gasteiger partial charge in [-0.05, 0) is 241 Å². The zero-order valence-electron chi connectivity index (χ0n) is 85.3. The molecule has 2 aliphatic carbocycles. The van der Waals surface area contributed by atoms with E-state index in [2.05, 4.69) is 306 Å². The fourth-order valence-corrected chi connectivity index (χ4v) is 16.4. The number of ether oxygens (including phenoxy) is 1. The predicted molar refractivity (Wildman–Crippen MR) is 567 cm³/mol. The van der Waals surface area contributed by atoms with Crippen LogP contribution in [0.15, 0.2) is 239 Å². The molecule has 5 aliphatic rings. The smallest absolute Gasteiger partial charge is 0.337 e. The second-order valence-electron chi connectivity index (χ2n) is 39.1. The molecule has 3 N–H and O–H groups in total. The van der Waals surface area contributed by atoms with Crippen molar-refractivity contribution >= 4 is 40.5 Å². The van der Waals surface area contributed by atoms with Crippen LogP contribution in [-0.4, -0.2) is 209 Å². The minimum Gasteiger partial charge on any atom is -0.478 e. The molecule has 736 valence electrons. The molecule has 0 unspecified atom stereocenters. The van der Waals surface area contributed by atoms with Gasteiger partial charge in [-0.2, -0.15) is 5.10 Å². The topological polar surface area (TPSA) is 330 Å². The summed E-state index contributed by atoms with van der Waals surface area (Å²) in [6.07, 6.45) is 38.5. The van der Waals surface area contributed by atoms with E-state index >= 15 is 0 Å². The van der Waals surface area contributed by atoms with Crippen LogP contribution in [-0.2, 0) is 11.8 Å². The molecule has 15 aromatic rings. The number of amides is 1. The van der Waals surface area contributed by atoms with Gasteiger partial charge in [-0.25, -0.2) is 39.7 Å². The Balaban J connectivity index is 0.000000132. The molecule has 14 aromatic heterocycles. The molecule has 1 amide bonds. The van der Waals surface area contributed by atoms with Crippen LogP contribution in [0.3, 0.4) is 0 Å². The Morgan fingerprint density at radius 3 is 1.02 bits per heavy atom. The Hall–Kier alpha value is -14.4. The van der Waals surface area contributed by atoms with Crippen LogP contribution >= 0.6 is 0 Å². The van der Waals surface area contributed by atoms with Crippen LogP contribution in [0.4, 0.5) is 17.7 Å². The minimum absolute atomic E-state index is 0.171. The Morgan fingerprint density at radius 1 is 0.331 bits per heavy atom. The number of primary amides is 1. The van der Waals surface area contributed by atoms with Gasteiger partial charge in [-0.15, -0.1) is 0 Å². The van der Waals surface area contributed by atoms with Crippen LogP contribution < -0.4 is 20.4 Å². The molecule has 5 fully saturated rings. The lowest BCUT2D eigenvalue weighted by Gasteiger charge is -2.33. The van der Waals surface area contributed by atoms with Crippen molar-refractivity contribution in [3.8, 4) is 78.8 Å². The van der Waals surface area contributed by atoms with Crippen molar-refractivity contribution in [2.24, 2.45) is 12.8 Å². The number of nitrogens with two attached hydrogens (primary N) is 1. The molecule has 142 heavy (non-hydrogen) atoms. The summed E-state index contributed by atoms with van der Waals surface area (Å²) in [5.41, 5.74) is 30.3. The fourth-order valence-electron chi connectivity index (χ4n) is 16.4. The first-order chi connectivity index (χ1) is 68.5. The number of pyridine rings is 10. The molecular formula is C114H136N24O4. The maximum Gasteiger partial charge on any atom is 0.337 e. The van der Waals surface area contributed by atoms with Gasteiger partial charge in [0.2, 0.25) is 17.8 Å². The van der Waals surface area contributed by atoms with E-state index in [1.807, 2.05) is 110 Å². The first-order valence-corrected chi connectivity index (χ1v) is 49.8. The summed E-state index contributed by atoms with van der Waals surface area (Å²) >= 11 is 0. The lowest BCUT2D eigenvalue weighted by Crippen LogP contribution is -2.45. The predicted octanol–water partition coefficient (Wildman–Crippen LogP) is 21.8. The third-order valence-electron chi connectivity index (χ3n) is 26.1. The number of aryl methyl sites for hydroxylation is 1. The van der Waals surface area contributed by atoms with Crippen molar-refractivity contribution in [3.63, 3.8) is 0 Å². The Bertz CT molecular complexity index is 6390. The summed E-state index contributed by atoms with van der Waals surface area (Å²) in [6, 6.07) is 43.2. The van der Waals surface area contributed by atoms with E-state index in [0.717, 1.165) is 175 Å². The summed E-state index contributed by atoms with van der Waals surface area (Å²) in [4.78, 5) is 104. The van der Waals surface area contributed by atoms with Gasteiger partial charge in [-0.1, -0.05) is 109 Å². The van der Waals surface area contributed by atoms with Crippen LogP contribution in [0.2, 0.25) is 0 Å². The normalized spacial score (nSPS) is 14.4. The van der Waals surface area contributed by atoms with Crippen LogP contribution in [0, 0.1) is 0 Å². The third-order valence-corrected chi connectivity index (χ3v) is 26.1. The average molecular weight is 1910 g/mol. The number of anilines is 3. The number of piperazine rings is 2. The number of aromatic nitrogens is 18. The number of fused-ring (bicyclic) bond motifs is 1. The number of aromatic carboxylic acids is 1. The molecule has 20 rings (SSSR count). The molecule has 28 nitrogen and oxygen atoms in total. The number of morpholine rings is 1. The van der Waals surface area contributed by atoms with Gasteiger partial charge in [0.25, 0.3) is 0 Å². The van der Waals surface area contributed by atoms with Gasteiger partial charge in [0.05, 0.1) is 75.4 Å². The van der Waals surface area contributed by atoms with Crippen molar-refractivity contribution < 1.29 is 19.4 Å². The molecule has 0 radical (unpaired) electrons. The second kappa shape index (κ2) is 49.7. The van der Waals surface area contributed by atoms with Crippen molar-refractivity contribution in [3.05, 3.63) is 301 Å². The first-order valence-electron chi connectivity index (χ1n) is 49.8. The van der Waals surface area contributed by atoms with Crippen molar-refractivity contribution in [1.29, 1.82) is 0 Å². The van der Waals surface area contributed by atoms with Gasteiger partial charge in [0.1, 0.15) is 11.6 Å². The standard InChI is InChI=1S/C19H21N3.C18H24N4.C17H23N5.C16H20N4O.C16H19N3.C14H15N3O.C14H14N2O2/c1-12(2)14-8-9-20-17(11-14)15-6-7-18-16(10-15)19(13-4-5-13)21-22(18)3;1-14(2)15-6-7-19-17(12-15)16-4-5-18(20-13-16)22-10-8-21(3)9-11-22;1-13(2)14-4-5-18-16(10-14)15-11-19-17(20-12-15)22-8-6-21(3)7-9-22;1-12(2)13-3-4-17-15(9-13)14-10-18-16(19-11-14)20-5-7-21-8-6-20;1-11(2)13-6-7-17-15(8-13)14-9-18-16(19-10-14)12-4-3-5-12;1-9(2)10-3-4-17-13(6-10)11-5-12(14(15)18)8-16-7-11;1-9(2)10-3-4-16-13(6-10)11-5-12(14(17)18)8-15-7-11/h6-13H,4-5H2,1-3H3;4-7,12-14H,8-11H2,1-3H3;4-5,10-13H,6-9H2,1-3H3;3-4,9-12H,5-8H2,1-2H3;6-12H,3-5H2,1-2H3;3-9H,1-2H3,(H2,15,18);3-9H,1-2H3,(H,17,18). The number of benzene rings is 1. The molecule has 3 aliphatic heterocycles. The number of likely N-dealkylation sites (N-methyl/N-ethyl adjacent to an activating group) is 2. The molecular weight excluding hydrogens is 1770 g/mol. The summed E-state index contributed by atoms with van der Waals surface area (Å²) in [5.74, 6) is 6.79. The zero-order valence-corrected chi connectivity index (χ0v) is 85.3. The average Bonchev–Trinajstić information content (AvgIpc) is 1.61. The number of nitrogens with zero attached hydrogens (tertiary/aromatic N) is 23. The number of carboxylic acid groups (broad SMARTS) is 1. The number of carboxylic acids is 1. The minimum atomic E-state index is -0.982. The van der Waals surface area contributed by atoms with E-state index in [1.165, 1.54) is 106 Å². The van der Waals surface area contributed by atoms with E-state index in [1.54, 1.807) is 36.9 Å². The highest BCUT2D eigenvalue weighted by Crippen LogP contribution is 2.44. The Labute approximate surface area is 836 Å². The van der Waals surface area contributed by atoms with E-state index in [9.17, 15) is 9.59 Å². The highest BCUT2D eigenvalue weighted by molar-refractivity contribution is 5.93. The van der Waals surface area contributed by atoms with Gasteiger partial charge in [0, 0.05) is 240 Å². The van der Waals surface area contributed by atoms with E-state index in [-0.39, 0.29) is 5.56 Å². The molecule has 0 spiro atoms. The van der Waals surface area contributed by atoms with Crippen molar-refractivity contribution in [2.75, 3.05) is 107 Å². The van der Waals surface area contributed by atoms with Crippen LogP contribution in [0.5, 0.6) is 0 Å². The highest BCUT2D eigenvalue weighted by Gasteiger charge is 2.30. The summed E-state index contributed by atoms with van der Waals surface area (Å²) < 4.78 is 7.35. The molecule has 0 atom stereocenters. The molecule has 17 heterocycles. The monoisotopic (exact) mass is 1910 g/mol. The van der Waals surface area contributed by atoms with Crippen LogP contribution in [0.1, 0.15) is 253 Å². The fraction of sp³-hybridized carbons (Fsp3) is 0.377. The summed E-state index contributed by atoms with van der Waals surface area (Å²) in [5, 5.41) is 15.0. The number of carbonyl (C=O) groups excluding carboxylic acids is 1. The quantitative estimate of drug-likeness (QED) is 0.0675. The van der Waals surface area contributed by atoms with Gasteiger partial charge in [0.15, 0.2) is 0 Å². The lowest BCUT2D eigenvalue weighted by molar-refractivity contribution is 0.0696. The number of rotatable bonds is 21. The summed E-state index contributed by atoms with van der Waals surface area (Å²) in [6.45, 7) is 41.9. The molecule has 28 heteroatoms. The van der Waals surface area contributed by atoms with Gasteiger partial charge < -0.3 is 40.1 Å². The van der Waals surface area contributed by atoms with E-state index < -0.39 is 11.9 Å². The van der Waals surface area contributed by atoms with E-state index in [0.29, 0.717) is 58.8 Å². The zero-order chi connectivity index (χ0) is 100. The van der Waals surface area contributed by atoms with Crippen molar-refractivity contribution in [1.82, 2.24) is 99.3 Å². The number of hydrogen-bond acceptors (Lipinski definition) is 25. The summed E-state index contributed by atoms with van der Waals surface area (Å²) in [7, 11) is 6.35. The van der Waals surface area contributed by atoms with Crippen LogP contribution in [0.25, 0.3) is 89.7 Å². The Kier molecular flexibility index (Phi) is 36.2. The first kappa shape index (κ1) is 104. The highest BCUT2D eigenvalue weighted by atomic mass is 16.5. The number of hydrogen-bond donors (Lipinski definition) is 2. The number of carbonyl (C=O) groups is 2. The third kappa shape index (κ3) is 28.5. The molecule has 0 bridgehead atoms. The second-order valence-corrected chi connectivity index (χ2v) is 39.1. The largest absolute Gasteiger partial charge is 0.478 e. The molecule has 3 saturated heterocycles. The Morgan fingerprint density at radius 2 is 0.669 bits per heavy atom. The maximum atomic E-state index is 11.1. The molecule has 1 aromatic carbocycles. The van der Waals surface area contributed by atoms with E-state index in [4.69, 9.17) is 20.7 Å². The maximum absolute atomic E-state index is 11.1.